The molecule has 72 valence electrons. The van der Waals surface area contributed by atoms with Crippen molar-refractivity contribution in [1.29, 1.82) is 0 Å². The molecule has 0 bridgehead atoms. The Bertz CT molecular complexity index is 259. The molecule has 13 heavy (non-hydrogen) atoms. The summed E-state index contributed by atoms with van der Waals surface area (Å²) in [6.45, 7) is 2.82. The van der Waals surface area contributed by atoms with Crippen molar-refractivity contribution >= 4 is 17.2 Å². The highest BCUT2D eigenvalue weighted by molar-refractivity contribution is 7.07. The molecule has 1 unspecified atom stereocenters. The zero-order valence-electron chi connectivity index (χ0n) is 7.62. The summed E-state index contributed by atoms with van der Waals surface area (Å²) in [5.74, 6) is -0.0765. The van der Waals surface area contributed by atoms with Crippen molar-refractivity contribution in [2.45, 2.75) is 13.5 Å². The average molecular weight is 198 g/mol. The second-order valence-corrected chi connectivity index (χ2v) is 3.77. The van der Waals surface area contributed by atoms with Gasteiger partial charge in [0.05, 0.1) is 0 Å². The SMILES string of the molecule is CC(CN)C(=O)NCc1ccsc1. The van der Waals surface area contributed by atoms with Gasteiger partial charge in [0.25, 0.3) is 0 Å². The van der Waals surface area contributed by atoms with Crippen LogP contribution in [-0.2, 0) is 11.3 Å². The van der Waals surface area contributed by atoms with Gasteiger partial charge in [0.1, 0.15) is 0 Å². The Labute approximate surface area is 81.9 Å². The van der Waals surface area contributed by atoms with Crippen LogP contribution in [0.15, 0.2) is 16.8 Å². The van der Waals surface area contributed by atoms with Crippen molar-refractivity contribution in [2.75, 3.05) is 6.54 Å². The van der Waals surface area contributed by atoms with E-state index in [1.54, 1.807) is 11.3 Å². The normalized spacial score (nSPS) is 12.5. The molecule has 3 N–H and O–H groups in total. The van der Waals surface area contributed by atoms with Crippen LogP contribution < -0.4 is 11.1 Å². The minimum atomic E-state index is -0.0985. The molecule has 0 aliphatic rings. The molecular weight excluding hydrogens is 184 g/mol. The number of thiophene rings is 1. The highest BCUT2D eigenvalue weighted by Gasteiger charge is 2.09. The van der Waals surface area contributed by atoms with Crippen LogP contribution in [0, 0.1) is 5.92 Å². The summed E-state index contributed by atoms with van der Waals surface area (Å²) >= 11 is 1.63. The lowest BCUT2D eigenvalue weighted by Crippen LogP contribution is -2.32. The fourth-order valence-electron chi connectivity index (χ4n) is 0.864. The minimum absolute atomic E-state index is 0.0219. The van der Waals surface area contributed by atoms with Gasteiger partial charge < -0.3 is 11.1 Å². The third-order valence-corrected chi connectivity index (χ3v) is 2.58. The number of carbonyl (C=O) groups is 1. The maximum absolute atomic E-state index is 11.3. The number of nitrogens with one attached hydrogen (secondary N) is 1. The quantitative estimate of drug-likeness (QED) is 0.757. The number of hydrogen-bond donors (Lipinski definition) is 2. The first kappa shape index (κ1) is 10.2. The van der Waals surface area contributed by atoms with Crippen LogP contribution in [0.4, 0.5) is 0 Å². The largest absolute Gasteiger partial charge is 0.352 e. The Balaban J connectivity index is 2.31. The molecular formula is C9H14N2OS. The summed E-state index contributed by atoms with van der Waals surface area (Å²) in [6, 6.07) is 2.00. The van der Waals surface area contributed by atoms with Gasteiger partial charge in [-0.25, -0.2) is 0 Å². The van der Waals surface area contributed by atoms with Gasteiger partial charge >= 0.3 is 0 Å². The summed E-state index contributed by atoms with van der Waals surface area (Å²) in [7, 11) is 0. The summed E-state index contributed by atoms with van der Waals surface area (Å²) in [5, 5.41) is 6.84. The van der Waals surface area contributed by atoms with Gasteiger partial charge in [0.2, 0.25) is 5.91 Å². The minimum Gasteiger partial charge on any atom is -0.352 e. The highest BCUT2D eigenvalue weighted by Crippen LogP contribution is 2.05. The molecule has 0 radical (unpaired) electrons. The molecule has 0 spiro atoms. The smallest absolute Gasteiger partial charge is 0.224 e. The molecule has 1 aromatic heterocycles. The molecule has 4 heteroatoms. The Kier molecular flexibility index (Phi) is 3.92. The first-order valence-electron chi connectivity index (χ1n) is 4.23. The standard InChI is InChI=1S/C9H14N2OS/c1-7(4-10)9(12)11-5-8-2-3-13-6-8/h2-3,6-7H,4-5,10H2,1H3,(H,11,12). The van der Waals surface area contributed by atoms with Crippen molar-refractivity contribution in [2.24, 2.45) is 11.7 Å². The zero-order chi connectivity index (χ0) is 9.68. The Hall–Kier alpha value is -0.870. The van der Waals surface area contributed by atoms with Crippen LogP contribution in [0.3, 0.4) is 0 Å². The number of hydrogen-bond acceptors (Lipinski definition) is 3. The van der Waals surface area contributed by atoms with Crippen molar-refractivity contribution in [3.05, 3.63) is 22.4 Å². The molecule has 0 aromatic carbocycles. The maximum atomic E-state index is 11.3. The van der Waals surface area contributed by atoms with E-state index in [2.05, 4.69) is 5.32 Å². The lowest BCUT2D eigenvalue weighted by atomic mass is 10.1. The van der Waals surface area contributed by atoms with Crippen LogP contribution >= 0.6 is 11.3 Å². The van der Waals surface area contributed by atoms with E-state index in [9.17, 15) is 4.79 Å². The first-order chi connectivity index (χ1) is 6.24. The molecule has 0 saturated carbocycles. The summed E-state index contributed by atoms with van der Waals surface area (Å²) < 4.78 is 0. The number of amides is 1. The molecule has 1 aromatic rings. The maximum Gasteiger partial charge on any atom is 0.224 e. The topological polar surface area (TPSA) is 55.1 Å². The molecule has 1 rings (SSSR count). The molecule has 0 fully saturated rings. The molecule has 1 amide bonds. The predicted octanol–water partition coefficient (Wildman–Crippen LogP) is 0.959. The van der Waals surface area contributed by atoms with E-state index in [1.807, 2.05) is 23.8 Å². The lowest BCUT2D eigenvalue weighted by molar-refractivity contribution is -0.124. The van der Waals surface area contributed by atoms with Gasteiger partial charge in [-0.3, -0.25) is 4.79 Å². The van der Waals surface area contributed by atoms with Gasteiger partial charge in [-0.05, 0) is 22.4 Å². The van der Waals surface area contributed by atoms with Crippen LogP contribution in [0.2, 0.25) is 0 Å². The molecule has 1 heterocycles. The van der Waals surface area contributed by atoms with Crippen molar-refractivity contribution in [1.82, 2.24) is 5.32 Å². The van der Waals surface area contributed by atoms with E-state index in [0.717, 1.165) is 5.56 Å². The molecule has 0 aliphatic heterocycles. The van der Waals surface area contributed by atoms with Crippen LogP contribution in [0.5, 0.6) is 0 Å². The van der Waals surface area contributed by atoms with Crippen LogP contribution in [-0.4, -0.2) is 12.5 Å². The van der Waals surface area contributed by atoms with Crippen LogP contribution in [0.1, 0.15) is 12.5 Å². The van der Waals surface area contributed by atoms with Crippen molar-refractivity contribution in [3.8, 4) is 0 Å². The first-order valence-corrected chi connectivity index (χ1v) is 5.17. The second-order valence-electron chi connectivity index (χ2n) is 2.99. The van der Waals surface area contributed by atoms with Crippen LogP contribution in [0.25, 0.3) is 0 Å². The zero-order valence-corrected chi connectivity index (χ0v) is 8.43. The predicted molar refractivity (Wildman–Crippen MR) is 54.4 cm³/mol. The number of carbonyl (C=O) groups excluding carboxylic acids is 1. The second kappa shape index (κ2) is 4.99. The number of rotatable bonds is 4. The lowest BCUT2D eigenvalue weighted by Gasteiger charge is -2.08. The van der Waals surface area contributed by atoms with E-state index < -0.39 is 0 Å². The Morgan fingerprint density at radius 3 is 3.08 bits per heavy atom. The van der Waals surface area contributed by atoms with Gasteiger partial charge in [0, 0.05) is 19.0 Å². The fourth-order valence-corrected chi connectivity index (χ4v) is 1.53. The van der Waals surface area contributed by atoms with E-state index >= 15 is 0 Å². The van der Waals surface area contributed by atoms with E-state index in [-0.39, 0.29) is 11.8 Å². The summed E-state index contributed by atoms with van der Waals surface area (Å²) in [5.41, 5.74) is 6.50. The van der Waals surface area contributed by atoms with E-state index in [0.29, 0.717) is 13.1 Å². The van der Waals surface area contributed by atoms with Crippen molar-refractivity contribution < 1.29 is 4.79 Å². The van der Waals surface area contributed by atoms with Gasteiger partial charge in [-0.2, -0.15) is 11.3 Å². The molecule has 3 nitrogen and oxygen atoms in total. The molecule has 0 aliphatic carbocycles. The third-order valence-electron chi connectivity index (χ3n) is 1.85. The Morgan fingerprint density at radius 2 is 2.54 bits per heavy atom. The fraction of sp³-hybridized carbons (Fsp3) is 0.444. The van der Waals surface area contributed by atoms with E-state index in [4.69, 9.17) is 5.73 Å². The number of nitrogens with two attached hydrogens (primary N) is 1. The van der Waals surface area contributed by atoms with Gasteiger partial charge in [-0.15, -0.1) is 0 Å². The summed E-state index contributed by atoms with van der Waals surface area (Å²) in [6.07, 6.45) is 0. The summed E-state index contributed by atoms with van der Waals surface area (Å²) in [4.78, 5) is 11.3. The molecule has 1 atom stereocenters. The van der Waals surface area contributed by atoms with Gasteiger partial charge in [0.15, 0.2) is 0 Å². The highest BCUT2D eigenvalue weighted by atomic mass is 32.1. The third kappa shape index (κ3) is 3.16. The van der Waals surface area contributed by atoms with Crippen molar-refractivity contribution in [3.63, 3.8) is 0 Å². The monoisotopic (exact) mass is 198 g/mol. The Morgan fingerprint density at radius 1 is 1.77 bits per heavy atom. The van der Waals surface area contributed by atoms with Gasteiger partial charge in [-0.1, -0.05) is 6.92 Å². The molecule has 0 saturated heterocycles. The average Bonchev–Trinajstić information content (AvgIpc) is 2.65. The van der Waals surface area contributed by atoms with E-state index in [1.165, 1.54) is 0 Å².